The minimum Gasteiger partial charge on any atom is -0.381 e. The average molecular weight is 138 g/mol. The van der Waals surface area contributed by atoms with Gasteiger partial charge in [0.15, 0.2) is 0 Å². The predicted molar refractivity (Wildman–Crippen MR) is 38.4 cm³/mol. The number of hydrogen-bond donors (Lipinski definition) is 2. The average Bonchev–Trinajstić information content (AvgIpc) is 2.36. The summed E-state index contributed by atoms with van der Waals surface area (Å²) in [5.41, 5.74) is 0.690. The lowest BCUT2D eigenvalue weighted by atomic mass is 10.2. The molecule has 0 aliphatic carbocycles. The molecule has 0 aliphatic rings. The normalized spacial score (nSPS) is 13.0. The van der Waals surface area contributed by atoms with Crippen LogP contribution in [0.1, 0.15) is 18.9 Å². The number of H-pyrrole nitrogens is 1. The standard InChI is InChI=1S/C7H10N2O/c1-5(2)6(10)7-8-3-4-9-7/h3-4,6,10H,1H2,2H3,(H,8,9). The quantitative estimate of drug-likeness (QED) is 0.599. The van der Waals surface area contributed by atoms with Gasteiger partial charge in [-0.25, -0.2) is 4.98 Å². The molecule has 1 heterocycles. The summed E-state index contributed by atoms with van der Waals surface area (Å²) in [7, 11) is 0. The molecular weight excluding hydrogens is 128 g/mol. The van der Waals surface area contributed by atoms with Crippen molar-refractivity contribution >= 4 is 0 Å². The molecule has 1 aromatic heterocycles. The molecular formula is C7H10N2O. The molecule has 0 radical (unpaired) electrons. The van der Waals surface area contributed by atoms with E-state index in [0.717, 1.165) is 0 Å². The van der Waals surface area contributed by atoms with E-state index in [2.05, 4.69) is 16.5 Å². The van der Waals surface area contributed by atoms with Crippen LogP contribution < -0.4 is 0 Å². The van der Waals surface area contributed by atoms with Crippen LogP contribution in [0.5, 0.6) is 0 Å². The Balaban J connectivity index is 2.77. The highest BCUT2D eigenvalue weighted by Crippen LogP contribution is 2.14. The van der Waals surface area contributed by atoms with E-state index in [-0.39, 0.29) is 0 Å². The Morgan fingerprint density at radius 1 is 1.90 bits per heavy atom. The fourth-order valence-corrected chi connectivity index (χ4v) is 0.660. The van der Waals surface area contributed by atoms with Crippen molar-refractivity contribution in [2.45, 2.75) is 13.0 Å². The number of aromatic nitrogens is 2. The van der Waals surface area contributed by atoms with Gasteiger partial charge in [0.05, 0.1) is 0 Å². The number of nitrogens with one attached hydrogen (secondary N) is 1. The Bertz CT molecular complexity index is 216. The largest absolute Gasteiger partial charge is 0.381 e. The van der Waals surface area contributed by atoms with Gasteiger partial charge in [-0.2, -0.15) is 0 Å². The third-order valence-electron chi connectivity index (χ3n) is 1.25. The van der Waals surface area contributed by atoms with Crippen LogP contribution in [0.2, 0.25) is 0 Å². The van der Waals surface area contributed by atoms with E-state index in [1.807, 2.05) is 0 Å². The summed E-state index contributed by atoms with van der Waals surface area (Å²) in [6.07, 6.45) is 2.61. The monoisotopic (exact) mass is 138 g/mol. The maximum atomic E-state index is 9.29. The number of aromatic amines is 1. The van der Waals surface area contributed by atoms with E-state index in [1.54, 1.807) is 19.3 Å². The van der Waals surface area contributed by atoms with Crippen LogP contribution in [0, 0.1) is 0 Å². The molecule has 1 unspecified atom stereocenters. The van der Waals surface area contributed by atoms with E-state index < -0.39 is 6.10 Å². The highest BCUT2D eigenvalue weighted by atomic mass is 16.3. The van der Waals surface area contributed by atoms with Crippen molar-refractivity contribution < 1.29 is 5.11 Å². The molecule has 0 fully saturated rings. The van der Waals surface area contributed by atoms with Gasteiger partial charge in [0.25, 0.3) is 0 Å². The van der Waals surface area contributed by atoms with Crippen LogP contribution in [-0.2, 0) is 0 Å². The maximum absolute atomic E-state index is 9.29. The van der Waals surface area contributed by atoms with Crippen LogP contribution in [0.3, 0.4) is 0 Å². The van der Waals surface area contributed by atoms with Gasteiger partial charge in [-0.15, -0.1) is 0 Å². The first-order chi connectivity index (χ1) is 4.72. The van der Waals surface area contributed by atoms with E-state index >= 15 is 0 Å². The molecule has 0 amide bonds. The van der Waals surface area contributed by atoms with E-state index in [9.17, 15) is 5.11 Å². The fourth-order valence-electron chi connectivity index (χ4n) is 0.660. The van der Waals surface area contributed by atoms with E-state index in [1.165, 1.54) is 0 Å². The molecule has 3 nitrogen and oxygen atoms in total. The lowest BCUT2D eigenvalue weighted by Gasteiger charge is -2.04. The summed E-state index contributed by atoms with van der Waals surface area (Å²) in [6, 6.07) is 0. The Hall–Kier alpha value is -1.09. The Morgan fingerprint density at radius 3 is 3.00 bits per heavy atom. The molecule has 0 saturated carbocycles. The van der Waals surface area contributed by atoms with Gasteiger partial charge in [-0.1, -0.05) is 6.58 Å². The highest BCUT2D eigenvalue weighted by molar-refractivity contribution is 5.07. The molecule has 0 aliphatic heterocycles. The molecule has 0 spiro atoms. The van der Waals surface area contributed by atoms with E-state index in [0.29, 0.717) is 11.4 Å². The third kappa shape index (κ3) is 1.25. The summed E-state index contributed by atoms with van der Waals surface area (Å²) < 4.78 is 0. The van der Waals surface area contributed by atoms with Crippen LogP contribution in [-0.4, -0.2) is 15.1 Å². The molecule has 2 N–H and O–H groups in total. The number of aliphatic hydroxyl groups is 1. The molecule has 10 heavy (non-hydrogen) atoms. The minimum absolute atomic E-state index is 0.549. The minimum atomic E-state index is -0.657. The zero-order chi connectivity index (χ0) is 7.56. The molecule has 0 bridgehead atoms. The van der Waals surface area contributed by atoms with Crippen molar-refractivity contribution in [2.24, 2.45) is 0 Å². The summed E-state index contributed by atoms with van der Waals surface area (Å²) in [6.45, 7) is 5.36. The second kappa shape index (κ2) is 2.66. The zero-order valence-corrected chi connectivity index (χ0v) is 5.83. The summed E-state index contributed by atoms with van der Waals surface area (Å²) >= 11 is 0. The molecule has 54 valence electrons. The highest BCUT2D eigenvalue weighted by Gasteiger charge is 2.08. The van der Waals surface area contributed by atoms with Crippen LogP contribution in [0.25, 0.3) is 0 Å². The predicted octanol–water partition coefficient (Wildman–Crippen LogP) is 1.02. The van der Waals surface area contributed by atoms with Gasteiger partial charge in [0, 0.05) is 12.4 Å². The second-order valence-corrected chi connectivity index (χ2v) is 2.22. The summed E-state index contributed by atoms with van der Waals surface area (Å²) in [5, 5.41) is 9.29. The van der Waals surface area contributed by atoms with E-state index in [4.69, 9.17) is 0 Å². The van der Waals surface area contributed by atoms with Crippen molar-refractivity contribution in [3.8, 4) is 0 Å². The molecule has 0 aromatic carbocycles. The number of hydrogen-bond acceptors (Lipinski definition) is 2. The van der Waals surface area contributed by atoms with Crippen LogP contribution >= 0.6 is 0 Å². The number of rotatable bonds is 2. The van der Waals surface area contributed by atoms with Gasteiger partial charge >= 0.3 is 0 Å². The summed E-state index contributed by atoms with van der Waals surface area (Å²) in [5.74, 6) is 0.549. The smallest absolute Gasteiger partial charge is 0.139 e. The van der Waals surface area contributed by atoms with Gasteiger partial charge in [0.2, 0.25) is 0 Å². The molecule has 3 heteroatoms. The van der Waals surface area contributed by atoms with Crippen molar-refractivity contribution in [2.75, 3.05) is 0 Å². The number of aliphatic hydroxyl groups excluding tert-OH is 1. The SMILES string of the molecule is C=C(C)C(O)c1ncc[nH]1. The first-order valence-corrected chi connectivity index (χ1v) is 3.04. The number of imidazole rings is 1. The number of nitrogens with zero attached hydrogens (tertiary/aromatic N) is 1. The van der Waals surface area contributed by atoms with Gasteiger partial charge in [-0.05, 0) is 12.5 Å². The second-order valence-electron chi connectivity index (χ2n) is 2.22. The first-order valence-electron chi connectivity index (χ1n) is 3.04. The first kappa shape index (κ1) is 7.02. The van der Waals surface area contributed by atoms with Crippen molar-refractivity contribution in [1.29, 1.82) is 0 Å². The Morgan fingerprint density at radius 2 is 2.60 bits per heavy atom. The Kier molecular flexibility index (Phi) is 1.87. The fraction of sp³-hybridized carbons (Fsp3) is 0.286. The Labute approximate surface area is 59.4 Å². The topological polar surface area (TPSA) is 48.9 Å². The van der Waals surface area contributed by atoms with Crippen molar-refractivity contribution in [3.05, 3.63) is 30.4 Å². The van der Waals surface area contributed by atoms with Gasteiger partial charge < -0.3 is 10.1 Å². The lowest BCUT2D eigenvalue weighted by Crippen LogP contribution is -1.99. The molecule has 1 rings (SSSR count). The molecule has 0 saturated heterocycles. The van der Waals surface area contributed by atoms with Gasteiger partial charge in [0.1, 0.15) is 11.9 Å². The van der Waals surface area contributed by atoms with Gasteiger partial charge in [-0.3, -0.25) is 0 Å². The zero-order valence-electron chi connectivity index (χ0n) is 5.83. The van der Waals surface area contributed by atoms with Crippen molar-refractivity contribution in [3.63, 3.8) is 0 Å². The third-order valence-corrected chi connectivity index (χ3v) is 1.25. The van der Waals surface area contributed by atoms with Crippen LogP contribution in [0.4, 0.5) is 0 Å². The maximum Gasteiger partial charge on any atom is 0.139 e. The van der Waals surface area contributed by atoms with Crippen LogP contribution in [0.15, 0.2) is 24.5 Å². The molecule has 1 atom stereocenters. The van der Waals surface area contributed by atoms with Crippen molar-refractivity contribution in [1.82, 2.24) is 9.97 Å². The lowest BCUT2D eigenvalue weighted by molar-refractivity contribution is 0.207. The molecule has 1 aromatic rings. The summed E-state index contributed by atoms with van der Waals surface area (Å²) in [4.78, 5) is 6.67.